The number of rotatable bonds is 5. The fraction of sp³-hybridized carbons (Fsp3) is 0.474. The van der Waals surface area contributed by atoms with Gasteiger partial charge in [0.25, 0.3) is 5.91 Å². The van der Waals surface area contributed by atoms with Crippen LogP contribution in [0.2, 0.25) is 0 Å². The average molecular weight is 345 g/mol. The van der Waals surface area contributed by atoms with Gasteiger partial charge in [-0.3, -0.25) is 9.59 Å². The Kier molecular flexibility index (Phi) is 5.26. The number of nitrogens with zero attached hydrogens (tertiary/aromatic N) is 1. The van der Waals surface area contributed by atoms with Gasteiger partial charge < -0.3 is 19.2 Å². The van der Waals surface area contributed by atoms with Crippen molar-refractivity contribution < 1.29 is 23.8 Å². The number of piperidine rings is 1. The number of furan rings is 1. The van der Waals surface area contributed by atoms with Crippen molar-refractivity contribution in [3.63, 3.8) is 0 Å². The molecule has 3 rings (SSSR count). The zero-order valence-electron chi connectivity index (χ0n) is 14.4. The van der Waals surface area contributed by atoms with Gasteiger partial charge >= 0.3 is 5.97 Å². The smallest absolute Gasteiger partial charge is 0.310 e. The molecule has 0 aliphatic carbocycles. The molecular formula is C19H23NO5. The van der Waals surface area contributed by atoms with Crippen LogP contribution in [0.4, 0.5) is 0 Å². The summed E-state index contributed by atoms with van der Waals surface area (Å²) in [5.74, 6) is -0.482. The molecule has 0 radical (unpaired) electrons. The Morgan fingerprint density at radius 2 is 2.20 bits per heavy atom. The van der Waals surface area contributed by atoms with E-state index in [9.17, 15) is 14.7 Å². The molecule has 1 aromatic carbocycles. The summed E-state index contributed by atoms with van der Waals surface area (Å²) in [7, 11) is 0. The number of carbonyl (C=O) groups excluding carboxylic acids is 2. The van der Waals surface area contributed by atoms with Crippen LogP contribution in [0, 0.1) is 0 Å². The summed E-state index contributed by atoms with van der Waals surface area (Å²) in [6, 6.07) is 4.99. The molecule has 6 nitrogen and oxygen atoms in total. The Bertz CT molecular complexity index is 766. The third-order valence-electron chi connectivity index (χ3n) is 4.75. The maximum atomic E-state index is 12.3. The molecule has 0 unspecified atom stereocenters. The van der Waals surface area contributed by atoms with Gasteiger partial charge in [0.2, 0.25) is 0 Å². The number of phenols is 1. The van der Waals surface area contributed by atoms with E-state index in [2.05, 4.69) is 6.92 Å². The summed E-state index contributed by atoms with van der Waals surface area (Å²) in [5.41, 5.74) is 1.19. The first kappa shape index (κ1) is 17.3. The Morgan fingerprint density at radius 3 is 3.00 bits per heavy atom. The molecule has 1 amide bonds. The predicted octanol–water partition coefficient (Wildman–Crippen LogP) is 3.02. The molecule has 6 heteroatoms. The van der Waals surface area contributed by atoms with Crippen molar-refractivity contribution in [2.45, 2.75) is 45.1 Å². The summed E-state index contributed by atoms with van der Waals surface area (Å²) in [6.45, 7) is 2.60. The van der Waals surface area contributed by atoms with E-state index in [-0.39, 0.29) is 30.7 Å². The molecule has 1 N–H and O–H groups in total. The lowest BCUT2D eigenvalue weighted by molar-refractivity contribution is -0.153. The Balaban J connectivity index is 1.56. The van der Waals surface area contributed by atoms with Crippen molar-refractivity contribution >= 4 is 22.8 Å². The number of ether oxygens (including phenoxy) is 1. The van der Waals surface area contributed by atoms with Crippen LogP contribution in [0.3, 0.4) is 0 Å². The molecule has 1 atom stereocenters. The SMILES string of the molecule is CC[C@H]1CCCCN1C(=O)COC(=O)Cc1coc2cc(O)ccc12. The molecule has 0 spiro atoms. The van der Waals surface area contributed by atoms with E-state index >= 15 is 0 Å². The zero-order valence-corrected chi connectivity index (χ0v) is 14.4. The summed E-state index contributed by atoms with van der Waals surface area (Å²) in [5, 5.41) is 10.2. The van der Waals surface area contributed by atoms with E-state index in [4.69, 9.17) is 9.15 Å². The van der Waals surface area contributed by atoms with Gasteiger partial charge in [0.05, 0.1) is 12.7 Å². The first-order valence-electron chi connectivity index (χ1n) is 8.72. The molecule has 1 saturated heterocycles. The van der Waals surface area contributed by atoms with E-state index < -0.39 is 5.97 Å². The van der Waals surface area contributed by atoms with E-state index in [0.29, 0.717) is 11.1 Å². The van der Waals surface area contributed by atoms with Gasteiger partial charge in [-0.05, 0) is 37.8 Å². The highest BCUT2D eigenvalue weighted by molar-refractivity contribution is 5.87. The molecule has 2 heterocycles. The second kappa shape index (κ2) is 7.59. The van der Waals surface area contributed by atoms with Gasteiger partial charge in [0.15, 0.2) is 6.61 Å². The Morgan fingerprint density at radius 1 is 1.36 bits per heavy atom. The van der Waals surface area contributed by atoms with Gasteiger partial charge in [0, 0.05) is 29.6 Å². The van der Waals surface area contributed by atoms with E-state index in [1.807, 2.05) is 4.90 Å². The second-order valence-electron chi connectivity index (χ2n) is 6.42. The largest absolute Gasteiger partial charge is 0.508 e. The van der Waals surface area contributed by atoms with Crippen molar-refractivity contribution in [3.05, 3.63) is 30.0 Å². The third kappa shape index (κ3) is 3.95. The summed E-state index contributed by atoms with van der Waals surface area (Å²) in [4.78, 5) is 26.2. The molecule has 1 aliphatic heterocycles. The number of esters is 1. The number of amides is 1. The van der Waals surface area contributed by atoms with Crippen molar-refractivity contribution in [1.29, 1.82) is 0 Å². The summed E-state index contributed by atoms with van der Waals surface area (Å²) < 4.78 is 10.5. The predicted molar refractivity (Wildman–Crippen MR) is 92.2 cm³/mol. The van der Waals surface area contributed by atoms with Crippen LogP contribution in [0.5, 0.6) is 5.75 Å². The standard InChI is InChI=1S/C19H23NO5/c1-2-14-5-3-4-8-20(14)18(22)12-25-19(23)9-13-11-24-17-10-15(21)6-7-16(13)17/h6-7,10-11,14,21H,2-5,8-9,12H2,1H3/t14-/m0/s1. The molecule has 0 bridgehead atoms. The van der Waals surface area contributed by atoms with Gasteiger partial charge in [-0.1, -0.05) is 6.92 Å². The maximum absolute atomic E-state index is 12.3. The molecule has 1 aromatic heterocycles. The monoisotopic (exact) mass is 345 g/mol. The molecular weight excluding hydrogens is 322 g/mol. The highest BCUT2D eigenvalue weighted by Crippen LogP contribution is 2.25. The number of fused-ring (bicyclic) bond motifs is 1. The highest BCUT2D eigenvalue weighted by Gasteiger charge is 2.26. The lowest BCUT2D eigenvalue weighted by atomic mass is 10.00. The van der Waals surface area contributed by atoms with Crippen molar-refractivity contribution in [2.75, 3.05) is 13.2 Å². The number of hydrogen-bond acceptors (Lipinski definition) is 5. The van der Waals surface area contributed by atoms with Crippen molar-refractivity contribution in [3.8, 4) is 5.75 Å². The molecule has 1 fully saturated rings. The van der Waals surface area contributed by atoms with Crippen LogP contribution >= 0.6 is 0 Å². The minimum absolute atomic E-state index is 0.0300. The number of aromatic hydroxyl groups is 1. The third-order valence-corrected chi connectivity index (χ3v) is 4.75. The summed E-state index contributed by atoms with van der Waals surface area (Å²) >= 11 is 0. The first-order valence-corrected chi connectivity index (χ1v) is 8.72. The van der Waals surface area contributed by atoms with E-state index in [1.54, 1.807) is 6.07 Å². The van der Waals surface area contributed by atoms with Crippen LogP contribution in [0.15, 0.2) is 28.9 Å². The van der Waals surface area contributed by atoms with Crippen LogP contribution < -0.4 is 0 Å². The van der Waals surface area contributed by atoms with Gasteiger partial charge in [-0.2, -0.15) is 0 Å². The van der Waals surface area contributed by atoms with Gasteiger partial charge in [-0.15, -0.1) is 0 Å². The maximum Gasteiger partial charge on any atom is 0.310 e. The summed E-state index contributed by atoms with van der Waals surface area (Å²) in [6.07, 6.45) is 5.60. The average Bonchev–Trinajstić information content (AvgIpc) is 3.01. The minimum Gasteiger partial charge on any atom is -0.508 e. The molecule has 134 valence electrons. The number of likely N-dealkylation sites (tertiary alicyclic amines) is 1. The fourth-order valence-corrected chi connectivity index (χ4v) is 3.39. The number of benzene rings is 1. The normalized spacial score (nSPS) is 17.6. The van der Waals surface area contributed by atoms with Gasteiger partial charge in [0.1, 0.15) is 11.3 Å². The molecule has 1 aliphatic rings. The van der Waals surface area contributed by atoms with Crippen LogP contribution in [-0.2, 0) is 20.7 Å². The van der Waals surface area contributed by atoms with Crippen LogP contribution in [-0.4, -0.2) is 41.1 Å². The fourth-order valence-electron chi connectivity index (χ4n) is 3.39. The second-order valence-corrected chi connectivity index (χ2v) is 6.42. The van der Waals surface area contributed by atoms with Crippen LogP contribution in [0.1, 0.15) is 38.2 Å². The molecule has 0 saturated carbocycles. The zero-order chi connectivity index (χ0) is 17.8. The number of phenolic OH excluding ortho intramolecular Hbond substituents is 1. The Labute approximate surface area is 146 Å². The Hall–Kier alpha value is -2.50. The number of hydrogen-bond donors (Lipinski definition) is 1. The molecule has 2 aromatic rings. The topological polar surface area (TPSA) is 80.0 Å². The van der Waals surface area contributed by atoms with Crippen molar-refractivity contribution in [2.24, 2.45) is 0 Å². The van der Waals surface area contributed by atoms with E-state index in [1.165, 1.54) is 18.4 Å². The van der Waals surface area contributed by atoms with E-state index in [0.717, 1.165) is 37.6 Å². The first-order chi connectivity index (χ1) is 12.1. The lowest BCUT2D eigenvalue weighted by Gasteiger charge is -2.35. The minimum atomic E-state index is -0.464. The quantitative estimate of drug-likeness (QED) is 0.843. The number of carbonyl (C=O) groups is 2. The van der Waals surface area contributed by atoms with Crippen molar-refractivity contribution in [1.82, 2.24) is 4.90 Å². The highest BCUT2D eigenvalue weighted by atomic mass is 16.5. The molecule has 25 heavy (non-hydrogen) atoms. The lowest BCUT2D eigenvalue weighted by Crippen LogP contribution is -2.45. The van der Waals surface area contributed by atoms with Gasteiger partial charge in [-0.25, -0.2) is 0 Å². The van der Waals surface area contributed by atoms with Crippen LogP contribution in [0.25, 0.3) is 11.0 Å².